The number of carboxylic acids is 1. The maximum Gasteiger partial charge on any atom is 0.328 e. The van der Waals surface area contributed by atoms with Crippen LogP contribution >= 0.6 is 11.6 Å². The molecule has 1 heterocycles. The number of likely N-dealkylation sites (N-methyl/N-ethyl adjacent to an activating group) is 1. The minimum Gasteiger partial charge on any atom is -0.491 e. The number of halogens is 1. The van der Waals surface area contributed by atoms with E-state index in [4.69, 9.17) is 32.6 Å². The Bertz CT molecular complexity index is 1060. The zero-order valence-corrected chi connectivity index (χ0v) is 21.0. The van der Waals surface area contributed by atoms with Crippen LogP contribution in [-0.4, -0.2) is 62.5 Å². The van der Waals surface area contributed by atoms with Crippen LogP contribution in [-0.2, 0) is 22.4 Å². The summed E-state index contributed by atoms with van der Waals surface area (Å²) in [5.74, 6) is 2.36. The van der Waals surface area contributed by atoms with Crippen LogP contribution in [0.25, 0.3) is 0 Å². The van der Waals surface area contributed by atoms with Gasteiger partial charge < -0.3 is 24.4 Å². The lowest BCUT2D eigenvalue weighted by Gasteiger charge is -2.28. The van der Waals surface area contributed by atoms with Crippen LogP contribution < -0.4 is 9.64 Å². The normalized spacial score (nSPS) is 12.8. The predicted molar refractivity (Wildman–Crippen MR) is 141 cm³/mol. The Kier molecular flexibility index (Phi) is 10.5. The monoisotopic (exact) mass is 496 g/mol. The van der Waals surface area contributed by atoms with E-state index in [1.165, 1.54) is 22.9 Å². The molecule has 6 nitrogen and oxygen atoms in total. The van der Waals surface area contributed by atoms with Crippen molar-refractivity contribution in [2.24, 2.45) is 0 Å². The number of terminal acetylenes is 1. The van der Waals surface area contributed by atoms with Crippen LogP contribution in [0.4, 0.5) is 11.4 Å². The van der Waals surface area contributed by atoms with Gasteiger partial charge in [0.15, 0.2) is 0 Å². The van der Waals surface area contributed by atoms with Gasteiger partial charge in [0.1, 0.15) is 19.0 Å². The highest BCUT2D eigenvalue weighted by Gasteiger charge is 2.21. The van der Waals surface area contributed by atoms with Gasteiger partial charge in [-0.15, -0.1) is 6.42 Å². The molecule has 3 rings (SSSR count). The van der Waals surface area contributed by atoms with Crippen molar-refractivity contribution in [1.82, 2.24) is 4.90 Å². The molecular formula is C28H33ClN2O4. The molecule has 0 saturated heterocycles. The summed E-state index contributed by atoms with van der Waals surface area (Å²) in [4.78, 5) is 15.1. The number of aliphatic carboxylic acids is 1. The van der Waals surface area contributed by atoms with E-state index < -0.39 is 5.97 Å². The van der Waals surface area contributed by atoms with E-state index in [0.717, 1.165) is 55.2 Å². The lowest BCUT2D eigenvalue weighted by atomic mass is 10.0. The van der Waals surface area contributed by atoms with Gasteiger partial charge in [-0.05, 0) is 80.7 Å². The standard InChI is InChI=1S/C28H33ClN2O4/c1-3-17-34-18-19-35-25-12-13-26-23(20-25)9-8-22-10-11-24(29)21-27(22)31(26)16-5-4-14-30(2)15-6-7-28(32)33/h1,6-7,10-13,20-21H,4-5,8-9,14-19H2,2H3,(H,32,33)/b7-6+. The molecule has 0 unspecified atom stereocenters. The number of unbranched alkanes of at least 4 members (excludes halogenated alkanes) is 1. The molecule has 0 atom stereocenters. The number of aryl methyl sites for hydroxylation is 2. The SMILES string of the molecule is C#CCOCCOc1ccc2c(c1)CCc1ccc(Cl)cc1N2CCCCN(C)C/C=C/C(=O)O. The second-order valence-electron chi connectivity index (χ2n) is 8.53. The van der Waals surface area contributed by atoms with Crippen molar-refractivity contribution in [3.05, 3.63) is 64.7 Å². The van der Waals surface area contributed by atoms with Crippen molar-refractivity contribution in [2.75, 3.05) is 51.4 Å². The van der Waals surface area contributed by atoms with Gasteiger partial charge in [0.25, 0.3) is 0 Å². The van der Waals surface area contributed by atoms with E-state index in [0.29, 0.717) is 19.8 Å². The summed E-state index contributed by atoms with van der Waals surface area (Å²) < 4.78 is 11.2. The summed E-state index contributed by atoms with van der Waals surface area (Å²) in [5.41, 5.74) is 4.87. The maximum atomic E-state index is 10.6. The molecule has 186 valence electrons. The summed E-state index contributed by atoms with van der Waals surface area (Å²) in [7, 11) is 2.00. The number of carboxylic acid groups (broad SMARTS) is 1. The van der Waals surface area contributed by atoms with E-state index in [1.54, 1.807) is 6.08 Å². The first-order chi connectivity index (χ1) is 17.0. The molecule has 0 aromatic heterocycles. The van der Waals surface area contributed by atoms with E-state index in [2.05, 4.69) is 40.0 Å². The lowest BCUT2D eigenvalue weighted by Crippen LogP contribution is -2.23. The molecule has 0 amide bonds. The Morgan fingerprint density at radius 2 is 2.00 bits per heavy atom. The quantitative estimate of drug-likeness (QED) is 0.240. The highest BCUT2D eigenvalue weighted by molar-refractivity contribution is 6.30. The van der Waals surface area contributed by atoms with Gasteiger partial charge in [-0.2, -0.15) is 0 Å². The highest BCUT2D eigenvalue weighted by atomic mass is 35.5. The van der Waals surface area contributed by atoms with Gasteiger partial charge in [-0.1, -0.05) is 29.7 Å². The summed E-state index contributed by atoms with van der Waals surface area (Å²) >= 11 is 6.39. The molecule has 2 aromatic rings. The molecule has 0 aliphatic carbocycles. The van der Waals surface area contributed by atoms with E-state index in [1.807, 2.05) is 19.2 Å². The minimum atomic E-state index is -0.915. The molecule has 0 spiro atoms. The molecule has 1 aliphatic rings. The van der Waals surface area contributed by atoms with Gasteiger partial charge in [0.05, 0.1) is 6.61 Å². The van der Waals surface area contributed by atoms with Gasteiger partial charge in [0.2, 0.25) is 0 Å². The number of fused-ring (bicyclic) bond motifs is 2. The van der Waals surface area contributed by atoms with Crippen LogP contribution in [0.5, 0.6) is 5.75 Å². The molecule has 0 saturated carbocycles. The molecule has 7 heteroatoms. The molecule has 2 aromatic carbocycles. The van der Waals surface area contributed by atoms with Gasteiger partial charge in [-0.3, -0.25) is 0 Å². The van der Waals surface area contributed by atoms with Crippen molar-refractivity contribution in [3.63, 3.8) is 0 Å². The van der Waals surface area contributed by atoms with Gasteiger partial charge in [-0.25, -0.2) is 4.79 Å². The molecule has 0 radical (unpaired) electrons. The number of ether oxygens (including phenoxy) is 2. The zero-order valence-electron chi connectivity index (χ0n) is 20.2. The molecule has 1 aliphatic heterocycles. The van der Waals surface area contributed by atoms with Crippen LogP contribution in [0.3, 0.4) is 0 Å². The first-order valence-corrected chi connectivity index (χ1v) is 12.3. The molecule has 35 heavy (non-hydrogen) atoms. The molecule has 0 fully saturated rings. The third kappa shape index (κ3) is 8.32. The number of carbonyl (C=O) groups is 1. The first kappa shape index (κ1) is 26.6. The number of anilines is 2. The first-order valence-electron chi connectivity index (χ1n) is 11.9. The third-order valence-electron chi connectivity index (χ3n) is 5.87. The zero-order chi connectivity index (χ0) is 25.0. The fourth-order valence-corrected chi connectivity index (χ4v) is 4.35. The number of hydrogen-bond donors (Lipinski definition) is 1. The summed E-state index contributed by atoms with van der Waals surface area (Å²) in [6.07, 6.45) is 11.9. The predicted octanol–water partition coefficient (Wildman–Crippen LogP) is 4.96. The van der Waals surface area contributed by atoms with Crippen molar-refractivity contribution in [3.8, 4) is 18.1 Å². The number of benzene rings is 2. The summed E-state index contributed by atoms with van der Waals surface area (Å²) in [6, 6.07) is 12.4. The van der Waals surface area contributed by atoms with Crippen molar-refractivity contribution < 1.29 is 19.4 Å². The van der Waals surface area contributed by atoms with Crippen LogP contribution in [0.1, 0.15) is 24.0 Å². The summed E-state index contributed by atoms with van der Waals surface area (Å²) in [6.45, 7) is 3.57. The second kappa shape index (κ2) is 13.8. The third-order valence-corrected chi connectivity index (χ3v) is 6.11. The Hall–Kier alpha value is -2.98. The topological polar surface area (TPSA) is 62.2 Å². The van der Waals surface area contributed by atoms with Crippen molar-refractivity contribution in [2.45, 2.75) is 25.7 Å². The molecule has 0 bridgehead atoms. The maximum absolute atomic E-state index is 10.6. The summed E-state index contributed by atoms with van der Waals surface area (Å²) in [5, 5.41) is 9.47. The number of nitrogens with zero attached hydrogens (tertiary/aromatic N) is 2. The van der Waals surface area contributed by atoms with Crippen molar-refractivity contribution in [1.29, 1.82) is 0 Å². The van der Waals surface area contributed by atoms with E-state index in [9.17, 15) is 4.79 Å². The number of hydrogen-bond acceptors (Lipinski definition) is 5. The largest absolute Gasteiger partial charge is 0.491 e. The Labute approximate surface area is 213 Å². The van der Waals surface area contributed by atoms with Crippen LogP contribution in [0.2, 0.25) is 5.02 Å². The fraction of sp³-hybridized carbons (Fsp3) is 0.393. The highest BCUT2D eigenvalue weighted by Crippen LogP contribution is 2.39. The average Bonchev–Trinajstić information content (AvgIpc) is 2.97. The second-order valence-corrected chi connectivity index (χ2v) is 8.97. The molecule has 1 N–H and O–H groups in total. The van der Waals surface area contributed by atoms with Gasteiger partial charge >= 0.3 is 5.97 Å². The Balaban J connectivity index is 1.68. The van der Waals surface area contributed by atoms with Crippen LogP contribution in [0.15, 0.2) is 48.6 Å². The Morgan fingerprint density at radius 3 is 2.80 bits per heavy atom. The lowest BCUT2D eigenvalue weighted by molar-refractivity contribution is -0.131. The minimum absolute atomic E-state index is 0.290. The smallest absolute Gasteiger partial charge is 0.328 e. The number of rotatable bonds is 13. The fourth-order valence-electron chi connectivity index (χ4n) is 4.18. The van der Waals surface area contributed by atoms with Crippen molar-refractivity contribution >= 4 is 28.9 Å². The van der Waals surface area contributed by atoms with Gasteiger partial charge in [0, 0.05) is 35.6 Å². The average molecular weight is 497 g/mol. The molecular weight excluding hydrogens is 464 g/mol. The van der Waals surface area contributed by atoms with E-state index >= 15 is 0 Å². The van der Waals surface area contributed by atoms with Crippen LogP contribution in [0, 0.1) is 12.3 Å². The Morgan fingerprint density at radius 1 is 1.17 bits per heavy atom. The van der Waals surface area contributed by atoms with E-state index in [-0.39, 0.29) is 6.61 Å².